The molecule has 1 atom stereocenters. The van der Waals surface area contributed by atoms with Gasteiger partial charge >= 0.3 is 0 Å². The van der Waals surface area contributed by atoms with Gasteiger partial charge in [-0.05, 0) is 17.2 Å². The summed E-state index contributed by atoms with van der Waals surface area (Å²) in [6.07, 6.45) is 0. The summed E-state index contributed by atoms with van der Waals surface area (Å²) in [5.74, 6) is 0.104. The normalized spacial score (nSPS) is 17.5. The van der Waals surface area contributed by atoms with Crippen molar-refractivity contribution in [3.8, 4) is 0 Å². The molecule has 0 heterocycles. The summed E-state index contributed by atoms with van der Waals surface area (Å²) in [6, 6.07) is 13.5. The Kier molecular flexibility index (Phi) is 2.68. The first-order valence-corrected chi connectivity index (χ1v) is 6.97. The van der Waals surface area contributed by atoms with E-state index in [9.17, 15) is 4.79 Å². The van der Waals surface area contributed by atoms with Gasteiger partial charge in [0.25, 0.3) is 0 Å². The molecule has 0 N–H and O–H groups in total. The third-order valence-electron chi connectivity index (χ3n) is 3.03. The molecule has 0 spiro atoms. The Labute approximate surface area is 116 Å². The van der Waals surface area contributed by atoms with Gasteiger partial charge in [0, 0.05) is 15.6 Å². The average molecular weight is 352 g/mol. The van der Waals surface area contributed by atoms with Crippen LogP contribution < -0.4 is 0 Å². The van der Waals surface area contributed by atoms with E-state index in [2.05, 4.69) is 31.9 Å². The Morgan fingerprint density at radius 1 is 0.941 bits per heavy atom. The van der Waals surface area contributed by atoms with Gasteiger partial charge in [-0.3, -0.25) is 4.79 Å². The lowest BCUT2D eigenvalue weighted by atomic mass is 9.85. The van der Waals surface area contributed by atoms with E-state index in [1.807, 2.05) is 42.5 Å². The van der Waals surface area contributed by atoms with Gasteiger partial charge in [0.2, 0.25) is 0 Å². The van der Waals surface area contributed by atoms with E-state index in [1.54, 1.807) is 0 Å². The van der Waals surface area contributed by atoms with Crippen LogP contribution in [0.1, 0.15) is 31.9 Å². The third-order valence-corrected chi connectivity index (χ3v) is 4.67. The largest absolute Gasteiger partial charge is 0.289 e. The van der Waals surface area contributed by atoms with Gasteiger partial charge in [-0.2, -0.15) is 0 Å². The van der Waals surface area contributed by atoms with Crippen LogP contribution in [0.3, 0.4) is 0 Å². The molecular formula is C14H8Br2O. The predicted octanol–water partition coefficient (Wildman–Crippen LogP) is 4.48. The summed E-state index contributed by atoms with van der Waals surface area (Å²) < 4.78 is 0.972. The molecule has 3 rings (SSSR count). The molecule has 1 aliphatic rings. The molecule has 1 nitrogen and oxygen atoms in total. The summed E-state index contributed by atoms with van der Waals surface area (Å²) in [5.41, 5.74) is 3.63. The maximum absolute atomic E-state index is 12.4. The van der Waals surface area contributed by atoms with E-state index >= 15 is 0 Å². The van der Waals surface area contributed by atoms with Crippen LogP contribution in [0.15, 0.2) is 46.9 Å². The fourth-order valence-corrected chi connectivity index (χ4v) is 4.01. The van der Waals surface area contributed by atoms with Crippen molar-refractivity contribution in [3.05, 3.63) is 69.2 Å². The van der Waals surface area contributed by atoms with E-state index in [0.29, 0.717) is 0 Å². The van der Waals surface area contributed by atoms with E-state index < -0.39 is 0 Å². The minimum Gasteiger partial charge on any atom is -0.289 e. The Balaban J connectivity index is 2.33. The van der Waals surface area contributed by atoms with Crippen molar-refractivity contribution in [1.29, 1.82) is 0 Å². The minimum absolute atomic E-state index is 0.0713. The number of alkyl halides is 1. The number of ketones is 1. The number of rotatable bonds is 0. The summed E-state index contributed by atoms with van der Waals surface area (Å²) in [7, 11) is 0. The van der Waals surface area contributed by atoms with Crippen molar-refractivity contribution in [2.45, 2.75) is 4.83 Å². The van der Waals surface area contributed by atoms with Crippen LogP contribution in [0, 0.1) is 0 Å². The van der Waals surface area contributed by atoms with Gasteiger partial charge in [-0.1, -0.05) is 68.3 Å². The number of hydrogen-bond donors (Lipinski definition) is 0. The second-order valence-corrected chi connectivity index (χ2v) is 5.75. The maximum atomic E-state index is 12.4. The summed E-state index contributed by atoms with van der Waals surface area (Å²) >= 11 is 7.20. The van der Waals surface area contributed by atoms with Crippen LogP contribution >= 0.6 is 31.9 Å². The smallest absolute Gasteiger partial charge is 0.193 e. The standard InChI is InChI=1S/C14H8Br2O/c15-11-7-3-6-10-12(11)13(16)8-4-1-2-5-9(8)14(10)17/h1-7,13H. The second kappa shape index (κ2) is 4.07. The molecule has 1 unspecified atom stereocenters. The van der Waals surface area contributed by atoms with Gasteiger partial charge in [0.15, 0.2) is 5.78 Å². The van der Waals surface area contributed by atoms with Gasteiger partial charge in [-0.25, -0.2) is 0 Å². The van der Waals surface area contributed by atoms with E-state index in [0.717, 1.165) is 26.7 Å². The van der Waals surface area contributed by atoms with Crippen molar-refractivity contribution in [3.63, 3.8) is 0 Å². The lowest BCUT2D eigenvalue weighted by molar-refractivity contribution is 0.103. The van der Waals surface area contributed by atoms with Crippen molar-refractivity contribution >= 4 is 37.6 Å². The molecule has 2 aromatic carbocycles. The fraction of sp³-hybridized carbons (Fsp3) is 0.0714. The van der Waals surface area contributed by atoms with Crippen molar-refractivity contribution < 1.29 is 4.79 Å². The zero-order valence-electron chi connectivity index (χ0n) is 8.78. The highest BCUT2D eigenvalue weighted by Crippen LogP contribution is 2.43. The molecular weight excluding hydrogens is 344 g/mol. The molecule has 0 amide bonds. The third kappa shape index (κ3) is 1.60. The van der Waals surface area contributed by atoms with Crippen LogP contribution in [0.4, 0.5) is 0 Å². The summed E-state index contributed by atoms with van der Waals surface area (Å²) in [6.45, 7) is 0. The average Bonchev–Trinajstić information content (AvgIpc) is 2.36. The number of halogens is 2. The van der Waals surface area contributed by atoms with Crippen LogP contribution in [-0.4, -0.2) is 5.78 Å². The topological polar surface area (TPSA) is 17.1 Å². The molecule has 0 aliphatic heterocycles. The molecule has 0 fully saturated rings. The van der Waals surface area contributed by atoms with Gasteiger partial charge in [-0.15, -0.1) is 0 Å². The van der Waals surface area contributed by atoms with Gasteiger partial charge in [0.1, 0.15) is 0 Å². The summed E-state index contributed by atoms with van der Waals surface area (Å²) in [5, 5.41) is 0. The highest BCUT2D eigenvalue weighted by molar-refractivity contribution is 9.11. The van der Waals surface area contributed by atoms with Crippen molar-refractivity contribution in [2.24, 2.45) is 0 Å². The Morgan fingerprint density at radius 2 is 1.65 bits per heavy atom. The molecule has 0 bridgehead atoms. The molecule has 1 aliphatic carbocycles. The Morgan fingerprint density at radius 3 is 2.47 bits per heavy atom. The highest BCUT2D eigenvalue weighted by Gasteiger charge is 2.30. The van der Waals surface area contributed by atoms with Crippen LogP contribution in [0.2, 0.25) is 0 Å². The lowest BCUT2D eigenvalue weighted by Crippen LogP contribution is -2.16. The zero-order chi connectivity index (χ0) is 12.0. The first-order valence-electron chi connectivity index (χ1n) is 5.26. The molecule has 0 radical (unpaired) electrons. The Bertz CT molecular complexity index is 619. The SMILES string of the molecule is O=C1c2ccccc2C(Br)c2c(Br)cccc21. The fourth-order valence-electron chi connectivity index (χ4n) is 2.22. The molecule has 2 aromatic rings. The van der Waals surface area contributed by atoms with E-state index in [1.165, 1.54) is 0 Å². The quantitative estimate of drug-likeness (QED) is 0.639. The maximum Gasteiger partial charge on any atom is 0.193 e. The number of hydrogen-bond acceptors (Lipinski definition) is 1. The predicted molar refractivity (Wildman–Crippen MR) is 74.8 cm³/mol. The monoisotopic (exact) mass is 350 g/mol. The van der Waals surface area contributed by atoms with Crippen LogP contribution in [0.25, 0.3) is 0 Å². The Hall–Kier alpha value is -0.930. The highest BCUT2D eigenvalue weighted by atomic mass is 79.9. The number of fused-ring (bicyclic) bond motifs is 2. The number of carbonyl (C=O) groups excluding carboxylic acids is 1. The van der Waals surface area contributed by atoms with Gasteiger partial charge in [0.05, 0.1) is 4.83 Å². The number of benzene rings is 2. The van der Waals surface area contributed by atoms with Crippen molar-refractivity contribution in [1.82, 2.24) is 0 Å². The van der Waals surface area contributed by atoms with E-state index in [4.69, 9.17) is 0 Å². The minimum atomic E-state index is 0.0713. The first kappa shape index (κ1) is 11.2. The van der Waals surface area contributed by atoms with Crippen molar-refractivity contribution in [2.75, 3.05) is 0 Å². The van der Waals surface area contributed by atoms with Crippen LogP contribution in [0.5, 0.6) is 0 Å². The molecule has 0 aromatic heterocycles. The number of carbonyl (C=O) groups is 1. The lowest BCUT2D eigenvalue weighted by Gasteiger charge is -2.24. The molecule has 3 heteroatoms. The summed E-state index contributed by atoms with van der Waals surface area (Å²) in [4.78, 5) is 12.4. The zero-order valence-corrected chi connectivity index (χ0v) is 12.0. The molecule has 84 valence electrons. The van der Waals surface area contributed by atoms with Crippen LogP contribution in [-0.2, 0) is 0 Å². The molecule has 0 saturated carbocycles. The first-order chi connectivity index (χ1) is 8.20. The second-order valence-electron chi connectivity index (χ2n) is 3.98. The van der Waals surface area contributed by atoms with Gasteiger partial charge < -0.3 is 0 Å². The molecule has 0 saturated heterocycles. The van der Waals surface area contributed by atoms with E-state index in [-0.39, 0.29) is 10.6 Å². The molecule has 17 heavy (non-hydrogen) atoms.